The number of aliphatic hydroxyl groups is 1. The maximum absolute atomic E-state index is 12.5. The molecule has 0 radical (unpaired) electrons. The summed E-state index contributed by atoms with van der Waals surface area (Å²) in [6, 6.07) is 5.12. The van der Waals surface area contributed by atoms with Crippen LogP contribution in [0.5, 0.6) is 0 Å². The van der Waals surface area contributed by atoms with Crippen LogP contribution in [0.25, 0.3) is 0 Å². The van der Waals surface area contributed by atoms with Crippen molar-refractivity contribution in [3.8, 4) is 0 Å². The average Bonchev–Trinajstić information content (AvgIpc) is 2.72. The van der Waals surface area contributed by atoms with E-state index in [0.717, 1.165) is 0 Å². The highest BCUT2D eigenvalue weighted by atomic mass is 16.6. The summed E-state index contributed by atoms with van der Waals surface area (Å²) in [6.45, 7) is 0.534. The normalized spacial score (nSPS) is 18.8. The van der Waals surface area contributed by atoms with Gasteiger partial charge in [-0.15, -0.1) is 0 Å². The van der Waals surface area contributed by atoms with Crippen LogP contribution in [0, 0.1) is 15.5 Å². The fourth-order valence-electron chi connectivity index (χ4n) is 3.50. The summed E-state index contributed by atoms with van der Waals surface area (Å²) in [5, 5.41) is 22.8. The van der Waals surface area contributed by atoms with Gasteiger partial charge in [0.25, 0.3) is 5.69 Å². The Bertz CT molecular complexity index is 782. The van der Waals surface area contributed by atoms with Crippen molar-refractivity contribution >= 4 is 17.4 Å². The molecule has 0 saturated carbocycles. The largest absolute Gasteiger partial charge is 0.462 e. The maximum Gasteiger partial charge on any atom is 0.328 e. The van der Waals surface area contributed by atoms with Crippen molar-refractivity contribution in [3.63, 3.8) is 0 Å². The molecule has 2 N–H and O–H groups in total. The van der Waals surface area contributed by atoms with Crippen molar-refractivity contribution in [1.82, 2.24) is 5.32 Å². The molecule has 1 aliphatic carbocycles. The molecular formula is C19H22N2O7. The van der Waals surface area contributed by atoms with Crippen LogP contribution in [0.1, 0.15) is 18.4 Å². The van der Waals surface area contributed by atoms with E-state index in [-0.39, 0.29) is 31.1 Å². The van der Waals surface area contributed by atoms with Crippen molar-refractivity contribution in [1.29, 1.82) is 0 Å². The van der Waals surface area contributed by atoms with E-state index in [9.17, 15) is 19.7 Å². The molecule has 1 spiro atoms. The Morgan fingerprint density at radius 3 is 2.57 bits per heavy atom. The van der Waals surface area contributed by atoms with E-state index in [1.54, 1.807) is 12.1 Å². The van der Waals surface area contributed by atoms with Crippen LogP contribution in [0.4, 0.5) is 5.69 Å². The number of aliphatic hydroxyl groups excluding tert-OH is 1. The minimum absolute atomic E-state index is 0.0242. The second-order valence-corrected chi connectivity index (χ2v) is 6.83. The third kappa shape index (κ3) is 4.05. The van der Waals surface area contributed by atoms with E-state index >= 15 is 0 Å². The molecule has 150 valence electrons. The Hall–Kier alpha value is -2.78. The van der Waals surface area contributed by atoms with Crippen molar-refractivity contribution in [2.45, 2.75) is 25.3 Å². The Morgan fingerprint density at radius 2 is 2.00 bits per heavy atom. The fourth-order valence-corrected chi connectivity index (χ4v) is 3.50. The molecule has 1 heterocycles. The summed E-state index contributed by atoms with van der Waals surface area (Å²) < 4.78 is 10.4. The van der Waals surface area contributed by atoms with Gasteiger partial charge < -0.3 is 19.9 Å². The highest BCUT2D eigenvalue weighted by molar-refractivity contribution is 6.05. The van der Waals surface area contributed by atoms with E-state index in [1.165, 1.54) is 18.2 Å². The van der Waals surface area contributed by atoms with Crippen LogP contribution in [-0.4, -0.2) is 54.3 Å². The number of nitro benzene ring substituents is 1. The smallest absolute Gasteiger partial charge is 0.328 e. The van der Waals surface area contributed by atoms with Gasteiger partial charge in [0.1, 0.15) is 12.6 Å². The number of nitro groups is 1. The van der Waals surface area contributed by atoms with Crippen molar-refractivity contribution in [2.75, 3.05) is 26.4 Å². The molecule has 2 aliphatic rings. The first kappa shape index (κ1) is 20.0. The lowest BCUT2D eigenvalue weighted by molar-refractivity contribution is -0.384. The number of ether oxygens (including phenoxy) is 2. The Morgan fingerprint density at radius 1 is 1.32 bits per heavy atom. The number of nitrogens with one attached hydrogen (secondary N) is 1. The first-order chi connectivity index (χ1) is 13.5. The minimum atomic E-state index is -0.785. The number of non-ortho nitro benzene ring substituents is 1. The fraction of sp³-hybridized carbons (Fsp3) is 0.474. The predicted octanol–water partition coefficient (Wildman–Crippen LogP) is 0.894. The zero-order valence-corrected chi connectivity index (χ0v) is 15.3. The highest BCUT2D eigenvalue weighted by Crippen LogP contribution is 2.44. The molecule has 28 heavy (non-hydrogen) atoms. The summed E-state index contributed by atoms with van der Waals surface area (Å²) in [5.74, 6) is -0.536. The topological polar surface area (TPSA) is 128 Å². The van der Waals surface area contributed by atoms with Gasteiger partial charge >= 0.3 is 5.97 Å². The first-order valence-electron chi connectivity index (χ1n) is 9.08. The molecule has 0 bridgehead atoms. The molecule has 1 atom stereocenters. The molecule has 9 heteroatoms. The zero-order chi connectivity index (χ0) is 20.1. The predicted molar refractivity (Wildman–Crippen MR) is 97.3 cm³/mol. The van der Waals surface area contributed by atoms with E-state index in [0.29, 0.717) is 37.3 Å². The highest BCUT2D eigenvalue weighted by Gasteiger charge is 2.49. The molecular weight excluding hydrogens is 368 g/mol. The lowest BCUT2D eigenvalue weighted by Gasteiger charge is -2.44. The lowest BCUT2D eigenvalue weighted by atomic mass is 9.66. The van der Waals surface area contributed by atoms with Crippen molar-refractivity contribution in [3.05, 3.63) is 51.7 Å². The van der Waals surface area contributed by atoms with Gasteiger partial charge in [0, 0.05) is 43.5 Å². The van der Waals surface area contributed by atoms with E-state index in [4.69, 9.17) is 14.6 Å². The molecule has 1 fully saturated rings. The van der Waals surface area contributed by atoms with Crippen LogP contribution < -0.4 is 5.32 Å². The van der Waals surface area contributed by atoms with Gasteiger partial charge in [-0.25, -0.2) is 4.79 Å². The number of esters is 1. The minimum Gasteiger partial charge on any atom is -0.462 e. The lowest BCUT2D eigenvalue weighted by Crippen LogP contribution is -2.53. The Labute approximate surface area is 161 Å². The number of ketones is 1. The number of carbonyl (C=O) groups excluding carboxylic acids is 2. The molecule has 3 rings (SSSR count). The SMILES string of the molecule is O=C(OCCO)[C@H](Cc1ccc([N+](=O)[O-])cc1)NC1=CC(=O)C12CCOCC2. The molecule has 0 aromatic heterocycles. The number of hydrogen-bond acceptors (Lipinski definition) is 8. The standard InChI is InChI=1S/C19H22N2O7/c22-7-10-28-18(24)15(11-13-1-3-14(4-2-13)21(25)26)20-16-12-17(23)19(16)5-8-27-9-6-19/h1-4,12,15,20,22H,5-11H2/t15-/m0/s1. The van der Waals surface area contributed by atoms with Crippen LogP contribution in [0.2, 0.25) is 0 Å². The number of nitrogens with zero attached hydrogens (tertiary/aromatic N) is 1. The van der Waals surface area contributed by atoms with Gasteiger partial charge in [0.2, 0.25) is 0 Å². The number of rotatable bonds is 8. The van der Waals surface area contributed by atoms with Gasteiger partial charge in [0.05, 0.1) is 16.9 Å². The molecule has 1 aliphatic heterocycles. The van der Waals surface area contributed by atoms with E-state index in [1.807, 2.05) is 0 Å². The number of carbonyl (C=O) groups is 2. The maximum atomic E-state index is 12.5. The van der Waals surface area contributed by atoms with Gasteiger partial charge in [-0.1, -0.05) is 12.1 Å². The average molecular weight is 390 g/mol. The van der Waals surface area contributed by atoms with E-state index in [2.05, 4.69) is 5.32 Å². The molecule has 0 amide bonds. The first-order valence-corrected chi connectivity index (χ1v) is 9.08. The molecule has 1 saturated heterocycles. The molecule has 1 aromatic rings. The van der Waals surface area contributed by atoms with Crippen LogP contribution in [0.15, 0.2) is 36.0 Å². The third-order valence-corrected chi connectivity index (χ3v) is 5.15. The second kappa shape index (κ2) is 8.49. The van der Waals surface area contributed by atoms with Crippen molar-refractivity contribution in [2.24, 2.45) is 5.41 Å². The molecule has 1 aromatic carbocycles. The summed E-state index contributed by atoms with van der Waals surface area (Å²) in [6.07, 6.45) is 2.83. The van der Waals surface area contributed by atoms with Crippen LogP contribution >= 0.6 is 0 Å². The van der Waals surface area contributed by atoms with Gasteiger partial charge in [-0.3, -0.25) is 14.9 Å². The van der Waals surface area contributed by atoms with Crippen LogP contribution in [0.3, 0.4) is 0 Å². The quantitative estimate of drug-likeness (QED) is 0.381. The van der Waals surface area contributed by atoms with Crippen molar-refractivity contribution < 1.29 is 29.1 Å². The summed E-state index contributed by atoms with van der Waals surface area (Å²) >= 11 is 0. The molecule has 9 nitrogen and oxygen atoms in total. The van der Waals surface area contributed by atoms with Gasteiger partial charge in [-0.05, 0) is 18.4 Å². The second-order valence-electron chi connectivity index (χ2n) is 6.83. The Kier molecular flexibility index (Phi) is 6.05. The summed E-state index contributed by atoms with van der Waals surface area (Å²) in [5.41, 5.74) is 0.720. The van der Waals surface area contributed by atoms with Gasteiger partial charge in [-0.2, -0.15) is 0 Å². The third-order valence-electron chi connectivity index (χ3n) is 5.15. The number of hydrogen-bond donors (Lipinski definition) is 2. The summed E-state index contributed by atoms with van der Waals surface area (Å²) in [7, 11) is 0. The Balaban J connectivity index is 1.75. The zero-order valence-electron chi connectivity index (χ0n) is 15.3. The van der Waals surface area contributed by atoms with Crippen LogP contribution in [-0.2, 0) is 25.5 Å². The monoisotopic (exact) mass is 390 g/mol. The van der Waals surface area contributed by atoms with E-state index < -0.39 is 22.3 Å². The summed E-state index contributed by atoms with van der Waals surface area (Å²) in [4.78, 5) is 35.0. The molecule has 0 unspecified atom stereocenters. The number of benzene rings is 1. The van der Waals surface area contributed by atoms with Gasteiger partial charge in [0.15, 0.2) is 5.78 Å². The number of allylic oxidation sites excluding steroid dienone is 2.